The lowest BCUT2D eigenvalue weighted by Gasteiger charge is -2.19. The van der Waals surface area contributed by atoms with Gasteiger partial charge in [-0.25, -0.2) is 12.8 Å². The number of hydrogen-bond acceptors (Lipinski definition) is 2. The van der Waals surface area contributed by atoms with Gasteiger partial charge in [-0.3, -0.25) is 0 Å². The van der Waals surface area contributed by atoms with E-state index in [0.717, 1.165) is 12.1 Å². The lowest BCUT2D eigenvalue weighted by molar-refractivity contribution is 0.473. The molecule has 0 unspecified atom stereocenters. The zero-order valence-corrected chi connectivity index (χ0v) is 12.0. The summed E-state index contributed by atoms with van der Waals surface area (Å²) in [6.07, 6.45) is 2.97. The van der Waals surface area contributed by atoms with E-state index in [-0.39, 0.29) is 22.5 Å². The van der Waals surface area contributed by atoms with Gasteiger partial charge in [0.1, 0.15) is 5.82 Å². The second-order valence-electron chi connectivity index (χ2n) is 3.47. The molecule has 1 aromatic rings. The molecule has 0 amide bonds. The number of sulfonamides is 1. The minimum atomic E-state index is -3.70. The van der Waals surface area contributed by atoms with Crippen LogP contribution >= 0.6 is 15.9 Å². The smallest absolute Gasteiger partial charge is 0.207 e. The number of nitrogens with zero attached hydrogens (tertiary/aromatic N) is 1. The normalized spacial score (nSPS) is 11.5. The molecule has 0 fully saturated rings. The maximum Gasteiger partial charge on any atom is 0.244 e. The van der Waals surface area contributed by atoms with E-state index in [4.69, 9.17) is 0 Å². The molecule has 1 rings (SSSR count). The van der Waals surface area contributed by atoms with Gasteiger partial charge in [0.05, 0.1) is 4.90 Å². The third-order valence-corrected chi connectivity index (χ3v) is 4.99. The van der Waals surface area contributed by atoms with E-state index in [1.165, 1.54) is 22.5 Å². The topological polar surface area (TPSA) is 37.4 Å². The van der Waals surface area contributed by atoms with Crippen LogP contribution in [0.25, 0.3) is 0 Å². The molecule has 0 spiro atoms. The summed E-state index contributed by atoms with van der Waals surface area (Å²) in [4.78, 5) is 0.0209. The molecule has 0 aliphatic rings. The average molecular weight is 334 g/mol. The number of rotatable bonds is 6. The molecule has 6 heteroatoms. The van der Waals surface area contributed by atoms with Gasteiger partial charge in [0.15, 0.2) is 0 Å². The fraction of sp³-hybridized carbons (Fsp3) is 0.167. The van der Waals surface area contributed by atoms with E-state index in [0.29, 0.717) is 0 Å². The van der Waals surface area contributed by atoms with Crippen molar-refractivity contribution >= 4 is 26.0 Å². The van der Waals surface area contributed by atoms with Crippen molar-refractivity contribution in [1.29, 1.82) is 0 Å². The van der Waals surface area contributed by atoms with Crippen molar-refractivity contribution in [2.24, 2.45) is 0 Å². The zero-order valence-electron chi connectivity index (χ0n) is 9.64. The van der Waals surface area contributed by atoms with Crippen LogP contribution in [-0.4, -0.2) is 25.8 Å². The minimum Gasteiger partial charge on any atom is -0.207 e. The molecule has 0 aliphatic heterocycles. The summed E-state index contributed by atoms with van der Waals surface area (Å²) < 4.78 is 39.0. The monoisotopic (exact) mass is 333 g/mol. The maximum absolute atomic E-state index is 13.0. The Morgan fingerprint density at radius 2 is 1.83 bits per heavy atom. The van der Waals surface area contributed by atoms with Gasteiger partial charge in [-0.2, -0.15) is 4.31 Å². The molecule has 3 nitrogen and oxygen atoms in total. The highest BCUT2D eigenvalue weighted by molar-refractivity contribution is 9.10. The molecule has 0 heterocycles. The molecule has 0 saturated carbocycles. The van der Waals surface area contributed by atoms with E-state index in [1.54, 1.807) is 0 Å². The number of benzene rings is 1. The fourth-order valence-electron chi connectivity index (χ4n) is 1.38. The van der Waals surface area contributed by atoms with Gasteiger partial charge in [-0.15, -0.1) is 13.2 Å². The predicted octanol–water partition coefficient (Wildman–Crippen LogP) is 2.95. The van der Waals surface area contributed by atoms with Gasteiger partial charge in [0.2, 0.25) is 10.0 Å². The summed E-state index contributed by atoms with van der Waals surface area (Å²) in [7, 11) is -3.70. The van der Waals surface area contributed by atoms with Gasteiger partial charge >= 0.3 is 0 Å². The van der Waals surface area contributed by atoms with E-state index < -0.39 is 15.8 Å². The molecule has 0 atom stereocenters. The van der Waals surface area contributed by atoms with Crippen LogP contribution in [0.5, 0.6) is 0 Å². The first kappa shape index (κ1) is 15.1. The Bertz CT molecular complexity index is 547. The molecule has 98 valence electrons. The fourth-order valence-corrected chi connectivity index (χ4v) is 3.77. The Kier molecular flexibility index (Phi) is 5.25. The van der Waals surface area contributed by atoms with Crippen LogP contribution in [0.2, 0.25) is 0 Å². The second-order valence-corrected chi connectivity index (χ2v) is 6.23. The number of halogens is 2. The zero-order chi connectivity index (χ0) is 13.8. The van der Waals surface area contributed by atoms with Crippen LogP contribution < -0.4 is 0 Å². The Morgan fingerprint density at radius 3 is 2.28 bits per heavy atom. The van der Waals surface area contributed by atoms with Gasteiger partial charge in [0, 0.05) is 17.6 Å². The summed E-state index contributed by atoms with van der Waals surface area (Å²) in [6, 6.07) is 3.46. The molecule has 0 radical (unpaired) electrons. The Balaban J connectivity index is 3.25. The van der Waals surface area contributed by atoms with Gasteiger partial charge in [0.25, 0.3) is 0 Å². The van der Waals surface area contributed by atoms with Crippen molar-refractivity contribution in [2.75, 3.05) is 13.1 Å². The van der Waals surface area contributed by atoms with Crippen LogP contribution in [0.1, 0.15) is 0 Å². The Hall–Kier alpha value is -0.980. The molecule has 18 heavy (non-hydrogen) atoms. The molecule has 0 N–H and O–H groups in total. The summed E-state index contributed by atoms with van der Waals surface area (Å²) in [6.45, 7) is 7.36. The largest absolute Gasteiger partial charge is 0.244 e. The molecule has 0 bridgehead atoms. The summed E-state index contributed by atoms with van der Waals surface area (Å²) >= 11 is 3.06. The van der Waals surface area contributed by atoms with Crippen molar-refractivity contribution in [1.82, 2.24) is 4.31 Å². The highest BCUT2D eigenvalue weighted by Crippen LogP contribution is 2.25. The third-order valence-electron chi connectivity index (χ3n) is 2.18. The van der Waals surface area contributed by atoms with Gasteiger partial charge in [-0.05, 0) is 34.1 Å². The molecule has 0 aromatic heterocycles. The first-order valence-electron chi connectivity index (χ1n) is 5.10. The maximum atomic E-state index is 13.0. The van der Waals surface area contributed by atoms with Crippen molar-refractivity contribution in [3.8, 4) is 0 Å². The lowest BCUT2D eigenvalue weighted by atomic mass is 10.3. The Morgan fingerprint density at radius 1 is 1.28 bits per heavy atom. The van der Waals surface area contributed by atoms with Crippen LogP contribution in [-0.2, 0) is 10.0 Å². The van der Waals surface area contributed by atoms with Gasteiger partial charge in [-0.1, -0.05) is 12.2 Å². The lowest BCUT2D eigenvalue weighted by Crippen LogP contribution is -2.31. The first-order chi connectivity index (χ1) is 8.43. The van der Waals surface area contributed by atoms with E-state index in [1.807, 2.05) is 0 Å². The minimum absolute atomic E-state index is 0.0209. The standard InChI is InChI=1S/C12H13BrFNO2S/c1-3-7-15(8-4-2)18(16,17)12-6-5-10(14)9-11(12)13/h3-6,9H,1-2,7-8H2. The van der Waals surface area contributed by atoms with E-state index in [2.05, 4.69) is 29.1 Å². The molecule has 0 saturated heterocycles. The average Bonchev–Trinajstić information content (AvgIpc) is 2.28. The van der Waals surface area contributed by atoms with Crippen molar-refractivity contribution in [3.63, 3.8) is 0 Å². The van der Waals surface area contributed by atoms with Crippen molar-refractivity contribution in [3.05, 3.63) is 53.8 Å². The van der Waals surface area contributed by atoms with Crippen LogP contribution in [0.3, 0.4) is 0 Å². The number of hydrogen-bond donors (Lipinski definition) is 0. The van der Waals surface area contributed by atoms with Crippen LogP contribution in [0.15, 0.2) is 52.9 Å². The highest BCUT2D eigenvalue weighted by Gasteiger charge is 2.24. The predicted molar refractivity (Wildman–Crippen MR) is 73.3 cm³/mol. The van der Waals surface area contributed by atoms with Crippen LogP contribution in [0, 0.1) is 5.82 Å². The van der Waals surface area contributed by atoms with Crippen molar-refractivity contribution in [2.45, 2.75) is 4.90 Å². The molecule has 1 aromatic carbocycles. The summed E-state index contributed by atoms with van der Waals surface area (Å²) in [5.41, 5.74) is 0. The molecular formula is C12H13BrFNO2S. The summed E-state index contributed by atoms with van der Waals surface area (Å²) in [5.74, 6) is -0.500. The van der Waals surface area contributed by atoms with Gasteiger partial charge < -0.3 is 0 Å². The third kappa shape index (κ3) is 3.28. The SMILES string of the molecule is C=CCN(CC=C)S(=O)(=O)c1ccc(F)cc1Br. The molecular weight excluding hydrogens is 321 g/mol. The summed E-state index contributed by atoms with van der Waals surface area (Å²) in [5, 5.41) is 0. The Labute approximate surface area is 115 Å². The first-order valence-corrected chi connectivity index (χ1v) is 7.33. The van der Waals surface area contributed by atoms with Crippen molar-refractivity contribution < 1.29 is 12.8 Å². The van der Waals surface area contributed by atoms with E-state index >= 15 is 0 Å². The molecule has 0 aliphatic carbocycles. The van der Waals surface area contributed by atoms with Crippen LogP contribution in [0.4, 0.5) is 4.39 Å². The quantitative estimate of drug-likeness (QED) is 0.750. The second kappa shape index (κ2) is 6.26. The van der Waals surface area contributed by atoms with E-state index in [9.17, 15) is 12.8 Å². The highest BCUT2D eigenvalue weighted by atomic mass is 79.9.